The Balaban J connectivity index is 2.18. The molecule has 0 atom stereocenters. The van der Waals surface area contributed by atoms with E-state index in [2.05, 4.69) is 9.97 Å². The van der Waals surface area contributed by atoms with Crippen LogP contribution in [0.4, 0.5) is 0 Å². The maximum atomic E-state index is 12.3. The minimum atomic E-state index is -1.32. The number of benzene rings is 1. The lowest BCUT2D eigenvalue weighted by molar-refractivity contribution is 0.00659. The van der Waals surface area contributed by atoms with Crippen LogP contribution in [-0.4, -0.2) is 40.1 Å². The standard InChI is InChI=1S/C17H18BN2O5/c1-17(2,3)24-16(23)12-10-19-13(15(21)22)20-14(12)25-18-9-11-7-5-4-6-8-11/h4-8,10H,9H2,1-3H3,(H,21,22). The Hall–Kier alpha value is -2.90. The van der Waals surface area contributed by atoms with Crippen LogP contribution in [0.25, 0.3) is 0 Å². The van der Waals surface area contributed by atoms with Gasteiger partial charge in [0.25, 0.3) is 0 Å². The van der Waals surface area contributed by atoms with Gasteiger partial charge in [-0.05, 0) is 27.1 Å². The SMILES string of the molecule is CC(C)(C)OC(=O)c1cnc(C(=O)O)nc1O[B]Cc1ccccc1. The van der Waals surface area contributed by atoms with E-state index in [1.807, 2.05) is 30.3 Å². The third-order valence-electron chi connectivity index (χ3n) is 2.92. The number of carboxylic acids is 1. The number of aromatic carboxylic acids is 1. The molecule has 0 saturated heterocycles. The lowest BCUT2D eigenvalue weighted by Gasteiger charge is -2.20. The van der Waals surface area contributed by atoms with Crippen LogP contribution in [0.3, 0.4) is 0 Å². The van der Waals surface area contributed by atoms with Gasteiger partial charge in [0.2, 0.25) is 11.7 Å². The zero-order valence-electron chi connectivity index (χ0n) is 14.2. The summed E-state index contributed by atoms with van der Waals surface area (Å²) in [6.45, 7) is 5.16. The third-order valence-corrected chi connectivity index (χ3v) is 2.92. The van der Waals surface area contributed by atoms with Crippen molar-refractivity contribution in [1.29, 1.82) is 0 Å². The van der Waals surface area contributed by atoms with Crippen molar-refractivity contribution >= 4 is 19.4 Å². The second-order valence-electron chi connectivity index (χ2n) is 6.19. The molecule has 0 aliphatic carbocycles. The number of esters is 1. The van der Waals surface area contributed by atoms with Gasteiger partial charge in [-0.2, -0.15) is 4.98 Å². The van der Waals surface area contributed by atoms with E-state index < -0.39 is 23.4 Å². The molecular formula is C17H18BN2O5. The maximum Gasteiger partial charge on any atom is 0.376 e. The highest BCUT2D eigenvalue weighted by atomic mass is 16.6. The van der Waals surface area contributed by atoms with E-state index in [0.29, 0.717) is 6.32 Å². The van der Waals surface area contributed by atoms with Crippen molar-refractivity contribution in [2.75, 3.05) is 0 Å². The highest BCUT2D eigenvalue weighted by Gasteiger charge is 2.24. The Kier molecular flexibility index (Phi) is 5.74. The molecule has 0 bridgehead atoms. The van der Waals surface area contributed by atoms with Gasteiger partial charge in [-0.25, -0.2) is 14.6 Å². The third kappa shape index (κ3) is 5.60. The predicted octanol–water partition coefficient (Wildman–Crippen LogP) is 2.33. The van der Waals surface area contributed by atoms with Gasteiger partial charge in [0.05, 0.1) is 0 Å². The van der Waals surface area contributed by atoms with E-state index in [0.717, 1.165) is 11.8 Å². The van der Waals surface area contributed by atoms with E-state index in [4.69, 9.17) is 14.5 Å². The first-order valence-corrected chi connectivity index (χ1v) is 7.62. The fourth-order valence-corrected chi connectivity index (χ4v) is 1.86. The van der Waals surface area contributed by atoms with Gasteiger partial charge in [-0.15, -0.1) is 0 Å². The van der Waals surface area contributed by atoms with Crippen LogP contribution in [-0.2, 0) is 11.1 Å². The van der Waals surface area contributed by atoms with Gasteiger partial charge in [-0.3, -0.25) is 0 Å². The normalized spacial score (nSPS) is 10.8. The van der Waals surface area contributed by atoms with Crippen molar-refractivity contribution in [2.45, 2.75) is 32.7 Å². The first kappa shape index (κ1) is 18.4. The van der Waals surface area contributed by atoms with E-state index in [1.54, 1.807) is 20.8 Å². The van der Waals surface area contributed by atoms with Crippen LogP contribution in [0.15, 0.2) is 36.5 Å². The number of carbonyl (C=O) groups excluding carboxylic acids is 1. The molecule has 0 saturated carbocycles. The summed E-state index contributed by atoms with van der Waals surface area (Å²) in [4.78, 5) is 30.7. The highest BCUT2D eigenvalue weighted by Crippen LogP contribution is 2.19. The minimum Gasteiger partial charge on any atom is -0.549 e. The van der Waals surface area contributed by atoms with Crippen LogP contribution in [0, 0.1) is 0 Å². The molecule has 1 aromatic heterocycles. The number of nitrogens with zero attached hydrogens (tertiary/aromatic N) is 2. The number of hydrogen-bond acceptors (Lipinski definition) is 6. The summed E-state index contributed by atoms with van der Waals surface area (Å²) in [6, 6.07) is 9.51. The molecule has 2 aromatic rings. The number of carboxylic acid groups (broad SMARTS) is 1. The Morgan fingerprint density at radius 3 is 2.48 bits per heavy atom. The zero-order chi connectivity index (χ0) is 18.4. The molecule has 1 radical (unpaired) electrons. The van der Waals surface area contributed by atoms with Crippen LogP contribution < -0.4 is 4.65 Å². The number of aromatic nitrogens is 2. The topological polar surface area (TPSA) is 98.6 Å². The van der Waals surface area contributed by atoms with Gasteiger partial charge in [0.15, 0.2) is 0 Å². The van der Waals surface area contributed by atoms with E-state index in [9.17, 15) is 9.59 Å². The summed E-state index contributed by atoms with van der Waals surface area (Å²) >= 11 is 0. The molecule has 7 nitrogen and oxygen atoms in total. The Labute approximate surface area is 146 Å². The Bertz CT molecular complexity index is 759. The molecular weight excluding hydrogens is 323 g/mol. The predicted molar refractivity (Wildman–Crippen MR) is 90.7 cm³/mol. The van der Waals surface area contributed by atoms with Gasteiger partial charge in [0.1, 0.15) is 11.2 Å². The molecule has 8 heteroatoms. The monoisotopic (exact) mass is 341 g/mol. The van der Waals surface area contributed by atoms with E-state index in [-0.39, 0.29) is 11.4 Å². The Morgan fingerprint density at radius 1 is 1.20 bits per heavy atom. The Morgan fingerprint density at radius 2 is 1.88 bits per heavy atom. The van der Waals surface area contributed by atoms with Gasteiger partial charge in [0, 0.05) is 6.20 Å². The molecule has 0 amide bonds. The fourth-order valence-electron chi connectivity index (χ4n) is 1.86. The van der Waals surface area contributed by atoms with E-state index >= 15 is 0 Å². The van der Waals surface area contributed by atoms with Gasteiger partial charge >= 0.3 is 19.4 Å². The average Bonchev–Trinajstić information content (AvgIpc) is 2.54. The fraction of sp³-hybridized carbons (Fsp3) is 0.294. The molecule has 129 valence electrons. The summed E-state index contributed by atoms with van der Waals surface area (Å²) in [6.07, 6.45) is 1.55. The van der Waals surface area contributed by atoms with Crippen molar-refractivity contribution in [3.05, 3.63) is 53.5 Å². The lowest BCUT2D eigenvalue weighted by Crippen LogP contribution is -2.25. The van der Waals surface area contributed by atoms with Crippen molar-refractivity contribution in [3.63, 3.8) is 0 Å². The molecule has 1 heterocycles. The number of carbonyl (C=O) groups is 2. The largest absolute Gasteiger partial charge is 0.549 e. The minimum absolute atomic E-state index is 0.0377. The summed E-state index contributed by atoms with van der Waals surface area (Å²) in [5.74, 6) is -2.62. The quantitative estimate of drug-likeness (QED) is 0.636. The highest BCUT2D eigenvalue weighted by molar-refractivity contribution is 6.28. The van der Waals surface area contributed by atoms with Crippen molar-refractivity contribution in [1.82, 2.24) is 9.97 Å². The van der Waals surface area contributed by atoms with Crippen LogP contribution >= 0.6 is 0 Å². The molecule has 0 unspecified atom stereocenters. The number of rotatable bonds is 6. The summed E-state index contributed by atoms with van der Waals surface area (Å²) in [5, 5.41) is 9.02. The molecule has 25 heavy (non-hydrogen) atoms. The number of ether oxygens (including phenoxy) is 1. The van der Waals surface area contributed by atoms with Crippen molar-refractivity contribution in [3.8, 4) is 5.88 Å². The molecule has 0 aliphatic rings. The molecule has 1 N–H and O–H groups in total. The summed E-state index contributed by atoms with van der Waals surface area (Å²) in [5.41, 5.74) is 0.242. The smallest absolute Gasteiger partial charge is 0.376 e. The lowest BCUT2D eigenvalue weighted by atomic mass is 9.89. The second kappa shape index (κ2) is 7.78. The molecule has 1 aromatic carbocycles. The van der Waals surface area contributed by atoms with E-state index in [1.165, 1.54) is 7.48 Å². The molecule has 2 rings (SSSR count). The number of hydrogen-bond donors (Lipinski definition) is 1. The van der Waals surface area contributed by atoms with Crippen LogP contribution in [0.1, 0.15) is 47.3 Å². The van der Waals surface area contributed by atoms with Gasteiger partial charge < -0.3 is 14.5 Å². The van der Waals surface area contributed by atoms with Crippen LogP contribution in [0.5, 0.6) is 5.88 Å². The average molecular weight is 341 g/mol. The summed E-state index contributed by atoms with van der Waals surface area (Å²) in [7, 11) is 1.44. The molecule has 0 fully saturated rings. The zero-order valence-corrected chi connectivity index (χ0v) is 14.2. The maximum absolute atomic E-state index is 12.3. The first-order valence-electron chi connectivity index (χ1n) is 7.62. The molecule has 0 spiro atoms. The molecule has 0 aliphatic heterocycles. The van der Waals surface area contributed by atoms with Crippen LogP contribution in [0.2, 0.25) is 0 Å². The van der Waals surface area contributed by atoms with Crippen molar-refractivity contribution < 1.29 is 24.1 Å². The van der Waals surface area contributed by atoms with Crippen molar-refractivity contribution in [2.24, 2.45) is 0 Å². The van der Waals surface area contributed by atoms with Gasteiger partial charge in [-0.1, -0.05) is 35.9 Å². The summed E-state index contributed by atoms with van der Waals surface area (Å²) < 4.78 is 10.7. The first-order chi connectivity index (χ1) is 11.8. The second-order valence-corrected chi connectivity index (χ2v) is 6.19.